The number of benzene rings is 1. The summed E-state index contributed by atoms with van der Waals surface area (Å²) in [6, 6.07) is 9.18. The summed E-state index contributed by atoms with van der Waals surface area (Å²) < 4.78 is 13.7. The first kappa shape index (κ1) is 43.7. The Morgan fingerprint density at radius 2 is 1.20 bits per heavy atom. The Morgan fingerprint density at radius 1 is 0.745 bits per heavy atom. The van der Waals surface area contributed by atoms with E-state index in [0.29, 0.717) is 47.8 Å². The fourth-order valence-electron chi connectivity index (χ4n) is 9.75. The van der Waals surface area contributed by atoms with Crippen molar-refractivity contribution in [2.45, 2.75) is 204 Å². The van der Waals surface area contributed by atoms with Gasteiger partial charge in [0.1, 0.15) is 0 Å². The van der Waals surface area contributed by atoms with Crippen LogP contribution in [-0.4, -0.2) is 81.8 Å². The van der Waals surface area contributed by atoms with Gasteiger partial charge in [0.15, 0.2) is 0 Å². The van der Waals surface area contributed by atoms with E-state index in [-0.39, 0.29) is 11.1 Å². The number of rotatable bonds is 13. The molecule has 51 heavy (non-hydrogen) atoms. The molecule has 4 rings (SSSR count). The van der Waals surface area contributed by atoms with Crippen LogP contribution < -0.4 is 3.86 Å². The van der Waals surface area contributed by atoms with Crippen LogP contribution >= 0.6 is 16.6 Å². The van der Waals surface area contributed by atoms with Gasteiger partial charge < -0.3 is 0 Å². The molecule has 9 heteroatoms. The van der Waals surface area contributed by atoms with E-state index in [1.807, 2.05) is 5.31 Å². The van der Waals surface area contributed by atoms with Gasteiger partial charge in [-0.1, -0.05) is 0 Å². The van der Waals surface area contributed by atoms with E-state index in [1.165, 1.54) is 38.7 Å². The molecule has 2 aliphatic carbocycles. The Morgan fingerprint density at radius 3 is 1.59 bits per heavy atom. The molecule has 1 saturated carbocycles. The molecule has 0 amide bonds. The normalized spacial score (nSPS) is 22.5. The first-order valence-electron chi connectivity index (χ1n) is 20.3. The third-order valence-corrected chi connectivity index (χ3v) is 26.6. The summed E-state index contributed by atoms with van der Waals surface area (Å²) in [4.78, 5) is 2.82. The van der Waals surface area contributed by atoms with Gasteiger partial charge in [0, 0.05) is 0 Å². The van der Waals surface area contributed by atoms with Crippen molar-refractivity contribution in [3.8, 4) is 0 Å². The van der Waals surface area contributed by atoms with Crippen LogP contribution in [0.15, 0.2) is 29.2 Å². The molecule has 0 spiro atoms. The molecule has 0 unspecified atom stereocenters. The van der Waals surface area contributed by atoms with Crippen molar-refractivity contribution in [3.63, 3.8) is 0 Å². The Balaban J connectivity index is 2.15. The third kappa shape index (κ3) is 8.70. The summed E-state index contributed by atoms with van der Waals surface area (Å²) in [5.74, 6) is 2.28. The fourth-order valence-corrected chi connectivity index (χ4v) is 27.3. The number of hydrogen-bond acceptors (Lipinski definition) is 4. The van der Waals surface area contributed by atoms with E-state index in [4.69, 9.17) is 0 Å². The molecule has 5 nitrogen and oxygen atoms in total. The molecule has 1 aliphatic heterocycles. The maximum atomic E-state index is 3.10. The van der Waals surface area contributed by atoms with Gasteiger partial charge in [-0.15, -0.1) is 0 Å². The van der Waals surface area contributed by atoms with Crippen LogP contribution in [0.3, 0.4) is 0 Å². The van der Waals surface area contributed by atoms with Gasteiger partial charge in [-0.25, -0.2) is 0 Å². The van der Waals surface area contributed by atoms with Crippen molar-refractivity contribution in [1.82, 2.24) is 18.2 Å². The van der Waals surface area contributed by atoms with Crippen LogP contribution in [0.1, 0.15) is 167 Å². The average Bonchev–Trinajstić information content (AvgIpc) is 3.56. The van der Waals surface area contributed by atoms with Crippen molar-refractivity contribution in [1.29, 1.82) is 0 Å². The summed E-state index contributed by atoms with van der Waals surface area (Å²) in [5.41, 5.74) is 6.69. The van der Waals surface area contributed by atoms with E-state index in [9.17, 15) is 0 Å². The number of para-hydroxylation sites is 1. The molecule has 1 aromatic carbocycles. The van der Waals surface area contributed by atoms with E-state index < -0.39 is 32.3 Å². The molecular weight excluding hydrogens is 737 g/mol. The minimum atomic E-state index is -1.83. The molecule has 2 radical (unpaired) electrons. The molecule has 3 aliphatic rings. The molecule has 0 aromatic heterocycles. The van der Waals surface area contributed by atoms with Crippen molar-refractivity contribution in [2.75, 3.05) is 3.86 Å². The second-order valence-corrected chi connectivity index (χ2v) is 30.7. The summed E-state index contributed by atoms with van der Waals surface area (Å²) in [7, 11) is -1.00. The first-order chi connectivity index (χ1) is 23.3. The molecule has 288 valence electrons. The quantitative estimate of drug-likeness (QED) is 0.145. The van der Waals surface area contributed by atoms with Gasteiger partial charge in [-0.3, -0.25) is 0 Å². The number of anilines is 1. The van der Waals surface area contributed by atoms with Gasteiger partial charge in [0.05, 0.1) is 0 Å². The van der Waals surface area contributed by atoms with Crippen molar-refractivity contribution in [3.05, 3.63) is 40.3 Å². The molecule has 1 heterocycles. The average molecular weight is 815 g/mol. The summed E-state index contributed by atoms with van der Waals surface area (Å²) >= 11 is -0.792. The van der Waals surface area contributed by atoms with Gasteiger partial charge >= 0.3 is 329 Å². The number of hydrogen-bond donors (Lipinski definition) is 0. The van der Waals surface area contributed by atoms with Gasteiger partial charge in [-0.05, 0) is 0 Å². The van der Waals surface area contributed by atoms with Crippen LogP contribution in [0.2, 0.25) is 13.1 Å². The fraction of sp³-hybridized carbons (Fsp3) is 0.786. The summed E-state index contributed by atoms with van der Waals surface area (Å²) in [6.45, 7) is 49.3. The Bertz CT molecular complexity index is 1370. The van der Waals surface area contributed by atoms with Crippen LogP contribution in [-0.2, 0) is 0 Å². The molecule has 1 aromatic rings. The number of allylic oxidation sites excluding steroid dienone is 2. The monoisotopic (exact) mass is 815 g/mol. The van der Waals surface area contributed by atoms with Crippen LogP contribution in [0, 0.1) is 11.8 Å². The van der Waals surface area contributed by atoms with E-state index >= 15 is 0 Å². The first-order valence-corrected chi connectivity index (χ1v) is 27.3. The third-order valence-electron chi connectivity index (χ3n) is 11.0. The molecule has 0 N–H and O–H groups in total. The minimum absolute atomic E-state index is 0.139. The summed E-state index contributed by atoms with van der Waals surface area (Å²) in [5, 5.41) is 1.86. The Labute approximate surface area is 327 Å². The van der Waals surface area contributed by atoms with Gasteiger partial charge in [0.2, 0.25) is 0 Å². The predicted octanol–water partition coefficient (Wildman–Crippen LogP) is 12.4. The van der Waals surface area contributed by atoms with Crippen molar-refractivity contribution < 1.29 is 0 Å². The number of nitrogens with zero attached hydrogens (tertiary/aromatic N) is 5. The zero-order chi connectivity index (χ0) is 38.7. The zero-order valence-electron chi connectivity index (χ0n) is 36.6. The second-order valence-electron chi connectivity index (χ2n) is 19.9. The standard InChI is InChI=1S/C42H77GeN5P2Si/c1-27(2)35-22-21-23-36(28(3)4)38(35)45(43-40(44(29(5)6)30(7)8)49-46(31(9)10)32(11)12)37-33-24-25-34(26-33)39(37)50-47(41(13,14)15)51(19,20)48(50)42(16,17)18/h21-23,27-34H,24-26H2,1-20H3/t33-,34+/m0/s1. The predicted molar refractivity (Wildman–Crippen MR) is 234 cm³/mol. The molecule has 2 atom stereocenters. The van der Waals surface area contributed by atoms with Crippen molar-refractivity contribution >= 4 is 50.6 Å². The molecule has 2 fully saturated rings. The van der Waals surface area contributed by atoms with Gasteiger partial charge in [0.25, 0.3) is 0 Å². The topological polar surface area (TPSA) is 16.2 Å². The second kappa shape index (κ2) is 16.2. The molecule has 1 saturated heterocycles. The van der Waals surface area contributed by atoms with Gasteiger partial charge in [-0.2, -0.15) is 0 Å². The molecule has 2 bridgehead atoms. The van der Waals surface area contributed by atoms with Crippen LogP contribution in [0.25, 0.3) is 0 Å². The zero-order valence-corrected chi connectivity index (χ0v) is 41.5. The van der Waals surface area contributed by atoms with Crippen LogP contribution in [0.4, 0.5) is 5.69 Å². The van der Waals surface area contributed by atoms with E-state index in [1.54, 1.807) is 15.6 Å². The van der Waals surface area contributed by atoms with E-state index in [0.717, 1.165) is 0 Å². The van der Waals surface area contributed by atoms with E-state index in [2.05, 4.69) is 178 Å². The summed E-state index contributed by atoms with van der Waals surface area (Å²) in [6.07, 6.45) is 4.06. The van der Waals surface area contributed by atoms with Crippen molar-refractivity contribution in [2.24, 2.45) is 11.8 Å². The SMILES string of the molecule is CC(C)c1cccc(C(C)C)c1[N]([Ge][C](=PN(C(C)C)C(C)C)N(C(C)C)C(C)C)C1=C(P2N(C(C)(C)C)[Si](C)(C)N2C(C)(C)C)[C@@H]2CC[C@H]1C2. The number of fused-ring (bicyclic) bond motifs is 2. The van der Waals surface area contributed by atoms with Crippen LogP contribution in [0.5, 0.6) is 0 Å². The Hall–Kier alpha value is -0.0403. The maximum absolute atomic E-state index is 3.10. The Kier molecular flexibility index (Phi) is 13.9. The molecular formula is C42H77GeN5P2Si.